The molecule has 1 aliphatic rings. The normalized spacial score (nSPS) is 18.8. The summed E-state index contributed by atoms with van der Waals surface area (Å²) in [5, 5.41) is 3.04. The minimum atomic E-state index is -0.329. The monoisotopic (exact) mass is 264 g/mol. The third-order valence-corrected chi connectivity index (χ3v) is 4.17. The highest BCUT2D eigenvalue weighted by Crippen LogP contribution is 2.34. The lowest BCUT2D eigenvalue weighted by Gasteiger charge is -2.29. The Labute approximate surface area is 114 Å². The predicted molar refractivity (Wildman–Crippen MR) is 74.5 cm³/mol. The van der Waals surface area contributed by atoms with Crippen LogP contribution in [-0.4, -0.2) is 29.0 Å². The number of imidazole rings is 1. The number of H-pyrrole nitrogens is 1. The largest absolute Gasteiger partial charge is 0.355 e. The Balaban J connectivity index is 1.85. The number of hydrogen-bond acceptors (Lipinski definition) is 3. The van der Waals surface area contributed by atoms with Crippen LogP contribution in [0.3, 0.4) is 0 Å². The topological polar surface area (TPSA) is 83.8 Å². The van der Waals surface area contributed by atoms with E-state index < -0.39 is 0 Å². The highest BCUT2D eigenvalue weighted by atomic mass is 16.2. The third kappa shape index (κ3) is 3.56. The van der Waals surface area contributed by atoms with Gasteiger partial charge in [0.1, 0.15) is 0 Å². The zero-order valence-electron chi connectivity index (χ0n) is 11.5. The molecule has 0 saturated heterocycles. The standard InChI is InChI=1S/C14H24N4O/c15-10-14(6-3-1-2-4-7-14)13(19)17-8-5-12-9-16-11-18-12/h9,11H,1-8,10,15H2,(H,16,18)(H,17,19). The van der Waals surface area contributed by atoms with Gasteiger partial charge in [0.15, 0.2) is 0 Å². The van der Waals surface area contributed by atoms with Crippen molar-refractivity contribution in [1.29, 1.82) is 0 Å². The van der Waals surface area contributed by atoms with Crippen molar-refractivity contribution >= 4 is 5.91 Å². The second-order valence-corrected chi connectivity index (χ2v) is 5.48. The van der Waals surface area contributed by atoms with Crippen LogP contribution in [0.4, 0.5) is 0 Å². The van der Waals surface area contributed by atoms with Gasteiger partial charge in [0.05, 0.1) is 11.7 Å². The Hall–Kier alpha value is -1.36. The average Bonchev–Trinajstić information content (AvgIpc) is 2.82. The Morgan fingerprint density at radius 2 is 2.11 bits per heavy atom. The quantitative estimate of drug-likeness (QED) is 0.702. The van der Waals surface area contributed by atoms with Crippen molar-refractivity contribution in [3.05, 3.63) is 18.2 Å². The van der Waals surface area contributed by atoms with Gasteiger partial charge in [0.25, 0.3) is 0 Å². The van der Waals surface area contributed by atoms with Gasteiger partial charge in [-0.3, -0.25) is 4.79 Å². The van der Waals surface area contributed by atoms with Gasteiger partial charge >= 0.3 is 0 Å². The highest BCUT2D eigenvalue weighted by Gasteiger charge is 2.36. The zero-order valence-corrected chi connectivity index (χ0v) is 11.5. The molecule has 0 spiro atoms. The maximum Gasteiger partial charge on any atom is 0.227 e. The molecule has 5 heteroatoms. The minimum Gasteiger partial charge on any atom is -0.355 e. The number of nitrogens with zero attached hydrogens (tertiary/aromatic N) is 1. The molecule has 1 aliphatic carbocycles. The lowest BCUT2D eigenvalue weighted by Crippen LogP contribution is -2.46. The zero-order chi connectivity index (χ0) is 13.6. The molecule has 1 aromatic heterocycles. The lowest BCUT2D eigenvalue weighted by molar-refractivity contribution is -0.131. The van der Waals surface area contributed by atoms with Crippen LogP contribution in [0.25, 0.3) is 0 Å². The maximum atomic E-state index is 12.4. The van der Waals surface area contributed by atoms with Gasteiger partial charge < -0.3 is 16.0 Å². The van der Waals surface area contributed by atoms with Crippen molar-refractivity contribution in [2.24, 2.45) is 11.1 Å². The maximum absolute atomic E-state index is 12.4. The Kier molecular flexibility index (Phi) is 4.96. The highest BCUT2D eigenvalue weighted by molar-refractivity contribution is 5.82. The number of carbonyl (C=O) groups is 1. The molecule has 19 heavy (non-hydrogen) atoms. The van der Waals surface area contributed by atoms with E-state index >= 15 is 0 Å². The fourth-order valence-corrected chi connectivity index (χ4v) is 2.85. The Morgan fingerprint density at radius 3 is 2.68 bits per heavy atom. The number of hydrogen-bond donors (Lipinski definition) is 3. The van der Waals surface area contributed by atoms with Crippen LogP contribution >= 0.6 is 0 Å². The van der Waals surface area contributed by atoms with Gasteiger partial charge in [-0.1, -0.05) is 25.7 Å². The summed E-state index contributed by atoms with van der Waals surface area (Å²) >= 11 is 0. The molecule has 0 aromatic carbocycles. The van der Waals surface area contributed by atoms with Gasteiger partial charge in [-0.2, -0.15) is 0 Å². The van der Waals surface area contributed by atoms with Crippen molar-refractivity contribution in [3.8, 4) is 0 Å². The molecule has 106 valence electrons. The number of nitrogens with two attached hydrogens (primary N) is 1. The van der Waals surface area contributed by atoms with Gasteiger partial charge in [0, 0.05) is 31.4 Å². The molecule has 1 heterocycles. The van der Waals surface area contributed by atoms with Crippen LogP contribution in [0.5, 0.6) is 0 Å². The van der Waals surface area contributed by atoms with Gasteiger partial charge in [-0.25, -0.2) is 4.98 Å². The van der Waals surface area contributed by atoms with Crippen LogP contribution in [0.1, 0.15) is 44.2 Å². The van der Waals surface area contributed by atoms with E-state index in [1.165, 1.54) is 12.8 Å². The molecule has 5 nitrogen and oxygen atoms in total. The van der Waals surface area contributed by atoms with Crippen molar-refractivity contribution in [2.45, 2.75) is 44.9 Å². The second-order valence-electron chi connectivity index (χ2n) is 5.48. The van der Waals surface area contributed by atoms with Crippen LogP contribution in [0.2, 0.25) is 0 Å². The number of carbonyl (C=O) groups excluding carboxylic acids is 1. The summed E-state index contributed by atoms with van der Waals surface area (Å²) in [5.41, 5.74) is 6.61. The first kappa shape index (κ1) is 14.1. The van der Waals surface area contributed by atoms with Gasteiger partial charge in [0.2, 0.25) is 5.91 Å². The predicted octanol–water partition coefficient (Wildman–Crippen LogP) is 1.37. The van der Waals surface area contributed by atoms with Gasteiger partial charge in [-0.05, 0) is 12.8 Å². The molecule has 0 unspecified atom stereocenters. The summed E-state index contributed by atoms with van der Waals surface area (Å²) < 4.78 is 0. The number of aromatic amines is 1. The summed E-state index contributed by atoms with van der Waals surface area (Å²) in [6.07, 6.45) is 10.8. The smallest absolute Gasteiger partial charge is 0.227 e. The van der Waals surface area contributed by atoms with Crippen LogP contribution in [0, 0.1) is 5.41 Å². The van der Waals surface area contributed by atoms with Crippen LogP contribution in [-0.2, 0) is 11.2 Å². The third-order valence-electron chi connectivity index (χ3n) is 4.17. The van der Waals surface area contributed by atoms with E-state index in [9.17, 15) is 4.79 Å². The van der Waals surface area contributed by atoms with E-state index in [2.05, 4.69) is 15.3 Å². The van der Waals surface area contributed by atoms with Crippen molar-refractivity contribution in [2.75, 3.05) is 13.1 Å². The number of nitrogens with one attached hydrogen (secondary N) is 2. The summed E-state index contributed by atoms with van der Waals surface area (Å²) in [5.74, 6) is 0.136. The first-order valence-electron chi connectivity index (χ1n) is 7.22. The summed E-state index contributed by atoms with van der Waals surface area (Å²) in [6, 6.07) is 0. The first-order chi connectivity index (χ1) is 9.27. The van der Waals surface area contributed by atoms with E-state index in [-0.39, 0.29) is 11.3 Å². The van der Waals surface area contributed by atoms with E-state index in [0.29, 0.717) is 13.1 Å². The molecule has 0 bridgehead atoms. The van der Waals surface area contributed by atoms with Crippen molar-refractivity contribution in [3.63, 3.8) is 0 Å². The molecule has 1 amide bonds. The van der Waals surface area contributed by atoms with Crippen LogP contribution in [0.15, 0.2) is 12.5 Å². The summed E-state index contributed by atoms with van der Waals surface area (Å²) in [7, 11) is 0. The van der Waals surface area contributed by atoms with Gasteiger partial charge in [-0.15, -0.1) is 0 Å². The fraction of sp³-hybridized carbons (Fsp3) is 0.714. The molecule has 1 saturated carbocycles. The molecule has 4 N–H and O–H groups in total. The van der Waals surface area contributed by atoms with E-state index in [0.717, 1.165) is 37.8 Å². The molecule has 1 aromatic rings. The summed E-state index contributed by atoms with van der Waals surface area (Å²) in [6.45, 7) is 1.10. The van der Waals surface area contributed by atoms with Crippen molar-refractivity contribution in [1.82, 2.24) is 15.3 Å². The van der Waals surface area contributed by atoms with E-state index in [4.69, 9.17) is 5.73 Å². The molecular formula is C14H24N4O. The molecule has 0 atom stereocenters. The molecular weight excluding hydrogens is 240 g/mol. The number of rotatable bonds is 5. The SMILES string of the molecule is NCC1(C(=O)NCCc2cnc[nH]2)CCCCCC1. The average molecular weight is 264 g/mol. The summed E-state index contributed by atoms with van der Waals surface area (Å²) in [4.78, 5) is 19.4. The van der Waals surface area contributed by atoms with E-state index in [1.807, 2.05) is 0 Å². The second kappa shape index (κ2) is 6.70. The fourth-order valence-electron chi connectivity index (χ4n) is 2.85. The molecule has 1 fully saturated rings. The molecule has 0 aliphatic heterocycles. The number of amides is 1. The Bertz CT molecular complexity index is 380. The number of aromatic nitrogens is 2. The van der Waals surface area contributed by atoms with Crippen molar-refractivity contribution < 1.29 is 4.79 Å². The first-order valence-corrected chi connectivity index (χ1v) is 7.22. The Morgan fingerprint density at radius 1 is 1.37 bits per heavy atom. The van der Waals surface area contributed by atoms with E-state index in [1.54, 1.807) is 12.5 Å². The lowest BCUT2D eigenvalue weighted by atomic mass is 9.79. The minimum absolute atomic E-state index is 0.136. The van der Waals surface area contributed by atoms with Crippen LogP contribution < -0.4 is 11.1 Å². The molecule has 2 rings (SSSR count). The molecule has 0 radical (unpaired) electrons.